The molecular weight excluding hydrogens is 376 g/mol. The Hall–Kier alpha value is -1.89. The Labute approximate surface area is 149 Å². The van der Waals surface area contributed by atoms with Gasteiger partial charge in [-0.15, -0.1) is 0 Å². The van der Waals surface area contributed by atoms with Gasteiger partial charge in [-0.05, 0) is 43.0 Å². The molecule has 0 aromatic heterocycles. The van der Waals surface area contributed by atoms with Crippen LogP contribution in [0.25, 0.3) is 0 Å². The first-order valence-corrected chi connectivity index (χ1v) is 8.72. The highest BCUT2D eigenvalue weighted by atomic mass is 79.9. The van der Waals surface area contributed by atoms with Crippen molar-refractivity contribution in [3.05, 3.63) is 34.3 Å². The quantitative estimate of drug-likeness (QED) is 0.772. The van der Waals surface area contributed by atoms with E-state index in [1.165, 1.54) is 0 Å². The van der Waals surface area contributed by atoms with Crippen LogP contribution in [0, 0.1) is 5.92 Å². The molecule has 1 fully saturated rings. The smallest absolute Gasteiger partial charge is 0.325 e. The highest BCUT2D eigenvalue weighted by Gasteiger charge is 2.21. The predicted molar refractivity (Wildman–Crippen MR) is 92.4 cm³/mol. The number of carbonyl (C=O) groups excluding carboxylic acids is 3. The van der Waals surface area contributed by atoms with E-state index in [2.05, 4.69) is 28.2 Å². The number of hydrogen-bond donors (Lipinski definition) is 1. The molecule has 1 aromatic carbocycles. The standard InChI is InChI=1S/C17H21BrN2O4/c1-12-3-2-8-20(10-12)15(21)11-24-16(22)9-19-17(23)13-4-6-14(18)7-5-13/h4-7,12H,2-3,8-11H2,1H3,(H,19,23)/t12-/m0/s1. The number of nitrogens with one attached hydrogen (secondary N) is 1. The number of benzene rings is 1. The zero-order valence-corrected chi connectivity index (χ0v) is 15.2. The lowest BCUT2D eigenvalue weighted by molar-refractivity contribution is -0.151. The molecule has 0 radical (unpaired) electrons. The Morgan fingerprint density at radius 2 is 2.00 bits per heavy atom. The summed E-state index contributed by atoms with van der Waals surface area (Å²) in [5.41, 5.74) is 0.449. The third kappa shape index (κ3) is 5.63. The molecule has 0 saturated carbocycles. The number of carbonyl (C=O) groups is 3. The fourth-order valence-corrected chi connectivity index (χ4v) is 2.82. The lowest BCUT2D eigenvalue weighted by Gasteiger charge is -2.30. The summed E-state index contributed by atoms with van der Waals surface area (Å²) in [4.78, 5) is 37.3. The molecule has 0 bridgehead atoms. The van der Waals surface area contributed by atoms with Gasteiger partial charge >= 0.3 is 5.97 Å². The molecule has 1 atom stereocenters. The second-order valence-corrected chi connectivity index (χ2v) is 6.85. The molecule has 24 heavy (non-hydrogen) atoms. The fourth-order valence-electron chi connectivity index (χ4n) is 2.56. The highest BCUT2D eigenvalue weighted by Crippen LogP contribution is 2.15. The minimum absolute atomic E-state index is 0.186. The number of rotatable bonds is 5. The number of halogens is 1. The summed E-state index contributed by atoms with van der Waals surface area (Å²) in [5, 5.41) is 2.47. The molecule has 1 heterocycles. The zero-order valence-electron chi connectivity index (χ0n) is 13.6. The Morgan fingerprint density at radius 3 is 2.67 bits per heavy atom. The number of ether oxygens (including phenoxy) is 1. The van der Waals surface area contributed by atoms with Crippen LogP contribution in [0.2, 0.25) is 0 Å². The molecule has 1 aromatic rings. The topological polar surface area (TPSA) is 75.7 Å². The third-order valence-electron chi connectivity index (χ3n) is 3.87. The van der Waals surface area contributed by atoms with Gasteiger partial charge in [0.15, 0.2) is 6.61 Å². The van der Waals surface area contributed by atoms with Crippen LogP contribution in [0.5, 0.6) is 0 Å². The van der Waals surface area contributed by atoms with Crippen LogP contribution in [-0.4, -0.2) is 48.9 Å². The minimum Gasteiger partial charge on any atom is -0.454 e. The summed E-state index contributed by atoms with van der Waals surface area (Å²) in [6.07, 6.45) is 2.09. The van der Waals surface area contributed by atoms with Crippen molar-refractivity contribution in [2.75, 3.05) is 26.2 Å². The third-order valence-corrected chi connectivity index (χ3v) is 4.39. The van der Waals surface area contributed by atoms with Crippen LogP contribution in [-0.2, 0) is 14.3 Å². The van der Waals surface area contributed by atoms with Crippen molar-refractivity contribution in [3.63, 3.8) is 0 Å². The van der Waals surface area contributed by atoms with Gasteiger partial charge in [0, 0.05) is 23.1 Å². The second-order valence-electron chi connectivity index (χ2n) is 5.94. The molecule has 0 aliphatic carbocycles. The van der Waals surface area contributed by atoms with E-state index in [-0.39, 0.29) is 25.0 Å². The number of esters is 1. The van der Waals surface area contributed by atoms with Crippen molar-refractivity contribution in [3.8, 4) is 0 Å². The van der Waals surface area contributed by atoms with Crippen molar-refractivity contribution >= 4 is 33.7 Å². The van der Waals surface area contributed by atoms with E-state index in [1.54, 1.807) is 29.2 Å². The van der Waals surface area contributed by atoms with Gasteiger partial charge in [0.25, 0.3) is 11.8 Å². The first kappa shape index (κ1) is 18.4. The van der Waals surface area contributed by atoms with Gasteiger partial charge < -0.3 is 15.0 Å². The summed E-state index contributed by atoms with van der Waals surface area (Å²) in [6.45, 7) is 2.97. The molecule has 6 nitrogen and oxygen atoms in total. The van der Waals surface area contributed by atoms with Gasteiger partial charge in [-0.25, -0.2) is 0 Å². The van der Waals surface area contributed by atoms with Crippen LogP contribution in [0.3, 0.4) is 0 Å². The summed E-state index contributed by atoms with van der Waals surface area (Å²) in [5.74, 6) is -0.702. The summed E-state index contributed by atoms with van der Waals surface area (Å²) in [6, 6.07) is 6.77. The van der Waals surface area contributed by atoms with E-state index >= 15 is 0 Å². The molecule has 1 aliphatic rings. The van der Waals surface area contributed by atoms with Crippen LogP contribution in [0.4, 0.5) is 0 Å². The van der Waals surface area contributed by atoms with Crippen LogP contribution >= 0.6 is 15.9 Å². The number of piperidine rings is 1. The van der Waals surface area contributed by atoms with Crippen molar-refractivity contribution in [2.24, 2.45) is 5.92 Å². The maximum atomic E-state index is 12.0. The van der Waals surface area contributed by atoms with Crippen molar-refractivity contribution in [1.82, 2.24) is 10.2 Å². The molecule has 1 saturated heterocycles. The second kappa shape index (κ2) is 8.82. The average Bonchev–Trinajstić information content (AvgIpc) is 2.58. The first-order valence-electron chi connectivity index (χ1n) is 7.93. The van der Waals surface area contributed by atoms with E-state index in [0.29, 0.717) is 24.6 Å². The van der Waals surface area contributed by atoms with Gasteiger partial charge in [0.1, 0.15) is 6.54 Å². The molecule has 0 unspecified atom stereocenters. The van der Waals surface area contributed by atoms with Crippen molar-refractivity contribution in [2.45, 2.75) is 19.8 Å². The average molecular weight is 397 g/mol. The van der Waals surface area contributed by atoms with E-state index in [0.717, 1.165) is 17.3 Å². The van der Waals surface area contributed by atoms with Crippen molar-refractivity contribution < 1.29 is 19.1 Å². The van der Waals surface area contributed by atoms with E-state index in [9.17, 15) is 14.4 Å². The maximum Gasteiger partial charge on any atom is 0.325 e. The largest absolute Gasteiger partial charge is 0.454 e. The SMILES string of the molecule is C[C@H]1CCCN(C(=O)COC(=O)CNC(=O)c2ccc(Br)cc2)C1. The van der Waals surface area contributed by atoms with Crippen LogP contribution in [0.15, 0.2) is 28.7 Å². The van der Waals surface area contributed by atoms with E-state index in [4.69, 9.17) is 4.74 Å². The molecule has 130 valence electrons. The van der Waals surface area contributed by atoms with E-state index < -0.39 is 5.97 Å². The predicted octanol–water partition coefficient (Wildman–Crippen LogP) is 1.98. The maximum absolute atomic E-state index is 12.0. The highest BCUT2D eigenvalue weighted by molar-refractivity contribution is 9.10. The monoisotopic (exact) mass is 396 g/mol. The Bertz CT molecular complexity index is 603. The number of likely N-dealkylation sites (tertiary alicyclic amines) is 1. The normalized spacial score (nSPS) is 17.2. The summed E-state index contributed by atoms with van der Waals surface area (Å²) >= 11 is 3.29. The number of nitrogens with zero attached hydrogens (tertiary/aromatic N) is 1. The van der Waals surface area contributed by atoms with Crippen LogP contribution in [0.1, 0.15) is 30.1 Å². The Balaban J connectivity index is 1.70. The molecule has 7 heteroatoms. The lowest BCUT2D eigenvalue weighted by Crippen LogP contribution is -2.42. The van der Waals surface area contributed by atoms with Gasteiger partial charge in [0.2, 0.25) is 0 Å². The fraction of sp³-hybridized carbons (Fsp3) is 0.471. The molecule has 2 amide bonds. The van der Waals surface area contributed by atoms with Gasteiger partial charge in [-0.3, -0.25) is 14.4 Å². The number of amides is 2. The summed E-state index contributed by atoms with van der Waals surface area (Å²) < 4.78 is 5.81. The Morgan fingerprint density at radius 1 is 1.29 bits per heavy atom. The van der Waals surface area contributed by atoms with Crippen molar-refractivity contribution in [1.29, 1.82) is 0 Å². The molecule has 1 N–H and O–H groups in total. The van der Waals surface area contributed by atoms with Gasteiger partial charge in [0.05, 0.1) is 0 Å². The summed E-state index contributed by atoms with van der Waals surface area (Å²) in [7, 11) is 0. The zero-order chi connectivity index (χ0) is 17.5. The minimum atomic E-state index is -0.626. The van der Waals surface area contributed by atoms with Gasteiger partial charge in [-0.2, -0.15) is 0 Å². The molecule has 0 spiro atoms. The van der Waals surface area contributed by atoms with Crippen LogP contribution < -0.4 is 5.32 Å². The van der Waals surface area contributed by atoms with Gasteiger partial charge in [-0.1, -0.05) is 22.9 Å². The molecule has 1 aliphatic heterocycles. The molecular formula is C17H21BrN2O4. The Kier molecular flexibility index (Phi) is 6.78. The number of hydrogen-bond acceptors (Lipinski definition) is 4. The first-order chi connectivity index (χ1) is 11.5. The molecule has 2 rings (SSSR count). The lowest BCUT2D eigenvalue weighted by atomic mass is 10.0. The van der Waals surface area contributed by atoms with E-state index in [1.807, 2.05) is 0 Å².